The van der Waals surface area contributed by atoms with Crippen LogP contribution in [0, 0.1) is 0 Å². The first-order valence-electron chi connectivity index (χ1n) is 15.7. The lowest BCUT2D eigenvalue weighted by Crippen LogP contribution is -1.97. The number of aryl methyl sites for hydroxylation is 2. The number of fused-ring (bicyclic) bond motifs is 7. The number of rotatable bonds is 8. The van der Waals surface area contributed by atoms with Crippen LogP contribution in [0.3, 0.4) is 0 Å². The first-order chi connectivity index (χ1) is 21.2. The molecule has 0 atom stereocenters. The molecule has 0 saturated heterocycles. The second-order valence-electron chi connectivity index (χ2n) is 11.7. The van der Waals surface area contributed by atoms with Crippen molar-refractivity contribution in [2.75, 3.05) is 0 Å². The van der Waals surface area contributed by atoms with E-state index < -0.39 is 0 Å². The van der Waals surface area contributed by atoms with Crippen LogP contribution in [0.1, 0.15) is 39.5 Å². The van der Waals surface area contributed by atoms with E-state index in [1.54, 1.807) is 11.3 Å². The van der Waals surface area contributed by atoms with Crippen molar-refractivity contribution in [3.05, 3.63) is 103 Å². The highest BCUT2D eigenvalue weighted by atomic mass is 32.1. The summed E-state index contributed by atoms with van der Waals surface area (Å²) < 4.78 is 6.26. The van der Waals surface area contributed by atoms with Gasteiger partial charge in [-0.3, -0.25) is 0 Å². The molecule has 212 valence electrons. The van der Waals surface area contributed by atoms with Crippen LogP contribution in [-0.4, -0.2) is 14.1 Å². The third kappa shape index (κ3) is 4.35. The van der Waals surface area contributed by atoms with Gasteiger partial charge in [-0.05, 0) is 84.6 Å². The van der Waals surface area contributed by atoms with E-state index in [0.717, 1.165) is 23.6 Å². The summed E-state index contributed by atoms with van der Waals surface area (Å²) in [7, 11) is 0. The van der Waals surface area contributed by atoms with Crippen molar-refractivity contribution >= 4 is 65.2 Å². The van der Waals surface area contributed by atoms with Crippen LogP contribution < -0.4 is 0 Å². The zero-order valence-electron chi connectivity index (χ0n) is 24.8. The van der Waals surface area contributed by atoms with Gasteiger partial charge < -0.3 is 9.13 Å². The smallest absolute Gasteiger partial charge is 0.124 e. The normalized spacial score (nSPS) is 12.0. The highest BCUT2D eigenvalue weighted by Crippen LogP contribution is 2.39. The Morgan fingerprint density at radius 3 is 1.67 bits per heavy atom. The minimum atomic E-state index is 1.03. The summed E-state index contributed by atoms with van der Waals surface area (Å²) in [6, 6.07) is 38.4. The highest BCUT2D eigenvalue weighted by Gasteiger charge is 2.16. The van der Waals surface area contributed by atoms with Gasteiger partial charge in [0.1, 0.15) is 5.01 Å². The molecule has 0 saturated carbocycles. The van der Waals surface area contributed by atoms with Crippen molar-refractivity contribution < 1.29 is 0 Å². The van der Waals surface area contributed by atoms with E-state index in [4.69, 9.17) is 4.98 Å². The Kier molecular flexibility index (Phi) is 6.53. The van der Waals surface area contributed by atoms with E-state index in [1.165, 1.54) is 90.7 Å². The predicted molar refractivity (Wildman–Crippen MR) is 186 cm³/mol. The molecule has 43 heavy (non-hydrogen) atoms. The zero-order chi connectivity index (χ0) is 28.9. The number of thiazole rings is 1. The molecule has 0 radical (unpaired) electrons. The van der Waals surface area contributed by atoms with Crippen molar-refractivity contribution in [3.63, 3.8) is 0 Å². The monoisotopic (exact) mass is 577 g/mol. The van der Waals surface area contributed by atoms with Crippen molar-refractivity contribution in [2.24, 2.45) is 0 Å². The lowest BCUT2D eigenvalue weighted by atomic mass is 10.00. The summed E-state index contributed by atoms with van der Waals surface area (Å²) >= 11 is 1.77. The third-order valence-corrected chi connectivity index (χ3v) is 10.1. The average molecular weight is 578 g/mol. The molecular formula is C39H35N3S. The van der Waals surface area contributed by atoms with Crippen molar-refractivity contribution in [3.8, 4) is 21.7 Å². The number of unbranched alkanes of at least 4 members (excludes halogenated alkanes) is 2. The first-order valence-corrected chi connectivity index (χ1v) is 16.5. The molecule has 0 aliphatic rings. The van der Waals surface area contributed by atoms with Crippen molar-refractivity contribution in [1.29, 1.82) is 0 Å². The van der Waals surface area contributed by atoms with Crippen LogP contribution in [0.4, 0.5) is 0 Å². The van der Waals surface area contributed by atoms with Crippen LogP contribution in [0.25, 0.3) is 75.5 Å². The summed E-state index contributed by atoms with van der Waals surface area (Å²) in [6.45, 7) is 6.62. The molecular weight excluding hydrogens is 543 g/mol. The van der Waals surface area contributed by atoms with E-state index in [0.29, 0.717) is 0 Å². The molecule has 0 fully saturated rings. The largest absolute Gasteiger partial charge is 0.340 e. The van der Waals surface area contributed by atoms with E-state index >= 15 is 0 Å². The minimum absolute atomic E-state index is 1.03. The molecule has 4 heteroatoms. The third-order valence-electron chi connectivity index (χ3n) is 8.98. The molecule has 3 heterocycles. The Morgan fingerprint density at radius 1 is 0.535 bits per heavy atom. The standard InChI is InChI=1S/C39H35N3S/c1-3-5-21-41-34-13-9-7-11-29(34)30-23-26(15-18-35(30)41)27-16-19-36-31(24-27)32-25-28(17-20-37(32)42(36)22-6-4-2)39-40-33-12-8-10-14-38(33)43-39/h7-20,23-25H,3-6,21-22H2,1-2H3. The maximum absolute atomic E-state index is 4.98. The summed E-state index contributed by atoms with van der Waals surface area (Å²) in [6.07, 6.45) is 4.72. The Bertz CT molecular complexity index is 2250. The quantitative estimate of drug-likeness (QED) is 0.176. The Labute approximate surface area is 256 Å². The van der Waals surface area contributed by atoms with Crippen LogP contribution in [0.15, 0.2) is 103 Å². The molecule has 0 spiro atoms. The van der Waals surface area contributed by atoms with Crippen LogP contribution in [0.5, 0.6) is 0 Å². The fraction of sp³-hybridized carbons (Fsp3) is 0.205. The SMILES string of the molecule is CCCCn1c2ccccc2c2cc(-c3ccc4c(c3)c3cc(-c5nc6ccccc6s5)ccc3n4CCCC)ccc21. The average Bonchev–Trinajstić information content (AvgIpc) is 3.72. The van der Waals surface area contributed by atoms with E-state index in [9.17, 15) is 0 Å². The maximum atomic E-state index is 4.98. The lowest BCUT2D eigenvalue weighted by Gasteiger charge is -2.08. The Hall–Kier alpha value is -4.41. The molecule has 3 nitrogen and oxygen atoms in total. The second kappa shape index (κ2) is 10.7. The van der Waals surface area contributed by atoms with Gasteiger partial charge in [-0.2, -0.15) is 0 Å². The molecule has 8 aromatic rings. The number of para-hydroxylation sites is 2. The molecule has 0 unspecified atom stereocenters. The second-order valence-corrected chi connectivity index (χ2v) is 12.7. The van der Waals surface area contributed by atoms with Crippen LogP contribution in [-0.2, 0) is 13.1 Å². The number of hydrogen-bond acceptors (Lipinski definition) is 2. The van der Waals surface area contributed by atoms with Crippen LogP contribution in [0.2, 0.25) is 0 Å². The van der Waals surface area contributed by atoms with Crippen molar-refractivity contribution in [2.45, 2.75) is 52.6 Å². The molecule has 0 N–H and O–H groups in total. The molecule has 5 aromatic carbocycles. The Morgan fingerprint density at radius 2 is 1.05 bits per heavy atom. The predicted octanol–water partition coefficient (Wildman–Crippen LogP) is 11.4. The lowest BCUT2D eigenvalue weighted by molar-refractivity contribution is 0.665. The summed E-state index contributed by atoms with van der Waals surface area (Å²) in [5, 5.41) is 6.39. The van der Waals surface area contributed by atoms with Gasteiger partial charge in [0.25, 0.3) is 0 Å². The molecule has 0 aliphatic heterocycles. The van der Waals surface area contributed by atoms with E-state index in [-0.39, 0.29) is 0 Å². The maximum Gasteiger partial charge on any atom is 0.124 e. The fourth-order valence-electron chi connectivity index (χ4n) is 6.76. The Balaban J connectivity index is 1.30. The van der Waals surface area contributed by atoms with Gasteiger partial charge >= 0.3 is 0 Å². The highest BCUT2D eigenvalue weighted by molar-refractivity contribution is 7.21. The van der Waals surface area contributed by atoms with E-state index in [2.05, 4.69) is 126 Å². The number of nitrogens with zero attached hydrogens (tertiary/aromatic N) is 3. The van der Waals surface area contributed by atoms with E-state index in [1.807, 2.05) is 0 Å². The summed E-state index contributed by atoms with van der Waals surface area (Å²) in [5.41, 5.74) is 10.1. The first kappa shape index (κ1) is 26.2. The topological polar surface area (TPSA) is 22.8 Å². The number of aromatic nitrogens is 3. The summed E-state index contributed by atoms with van der Waals surface area (Å²) in [4.78, 5) is 4.98. The van der Waals surface area contributed by atoms with Gasteiger partial charge in [0.15, 0.2) is 0 Å². The van der Waals surface area contributed by atoms with Gasteiger partial charge in [-0.25, -0.2) is 4.98 Å². The molecule has 0 aliphatic carbocycles. The molecule has 0 bridgehead atoms. The van der Waals surface area contributed by atoms with Gasteiger partial charge in [-0.15, -0.1) is 11.3 Å². The van der Waals surface area contributed by atoms with Gasteiger partial charge in [0.05, 0.1) is 10.2 Å². The van der Waals surface area contributed by atoms with Gasteiger partial charge in [0.2, 0.25) is 0 Å². The number of benzene rings is 5. The summed E-state index contributed by atoms with van der Waals surface area (Å²) in [5.74, 6) is 0. The molecule has 3 aromatic heterocycles. The van der Waals surface area contributed by atoms with Crippen LogP contribution >= 0.6 is 11.3 Å². The molecule has 8 rings (SSSR count). The van der Waals surface area contributed by atoms with Gasteiger partial charge in [0, 0.05) is 62.3 Å². The number of hydrogen-bond donors (Lipinski definition) is 0. The minimum Gasteiger partial charge on any atom is -0.340 e. The fourth-order valence-corrected chi connectivity index (χ4v) is 7.72. The van der Waals surface area contributed by atoms with Gasteiger partial charge in [-0.1, -0.05) is 69.2 Å². The molecule has 0 amide bonds. The van der Waals surface area contributed by atoms with Crippen molar-refractivity contribution in [1.82, 2.24) is 14.1 Å². The zero-order valence-corrected chi connectivity index (χ0v) is 25.6.